The lowest BCUT2D eigenvalue weighted by atomic mass is 9.80. The molecule has 1 fully saturated rings. The Labute approximate surface area is 128 Å². The second kappa shape index (κ2) is 5.85. The van der Waals surface area contributed by atoms with Gasteiger partial charge in [0.2, 0.25) is 0 Å². The molecule has 0 bridgehead atoms. The molecule has 0 radical (unpaired) electrons. The molecule has 0 spiro atoms. The molecule has 22 heavy (non-hydrogen) atoms. The lowest BCUT2D eigenvalue weighted by Crippen LogP contribution is -2.47. The van der Waals surface area contributed by atoms with Crippen molar-refractivity contribution < 1.29 is 14.3 Å². The number of nitrogens with zero attached hydrogens (tertiary/aromatic N) is 1. The van der Waals surface area contributed by atoms with Gasteiger partial charge in [-0.2, -0.15) is 0 Å². The molecule has 4 nitrogen and oxygen atoms in total. The first-order chi connectivity index (χ1) is 10.6. The summed E-state index contributed by atoms with van der Waals surface area (Å²) in [6, 6.07) is 9.48. The standard InChI is InChI=1S/C17H17FN2O2/c18-14-4-1-3-12(9-14)15-6-5-13(10-19-15)16(21)20-11-17(22)7-2-8-17/h1,3-6,9-10,22H,2,7-8,11H2,(H,20,21). The average Bonchev–Trinajstić information content (AvgIpc) is 2.51. The van der Waals surface area contributed by atoms with Crippen LogP contribution in [0.5, 0.6) is 0 Å². The molecule has 1 aromatic carbocycles. The van der Waals surface area contributed by atoms with E-state index in [9.17, 15) is 14.3 Å². The topological polar surface area (TPSA) is 62.2 Å². The zero-order valence-corrected chi connectivity index (χ0v) is 12.1. The van der Waals surface area contributed by atoms with Crippen LogP contribution in [-0.2, 0) is 0 Å². The van der Waals surface area contributed by atoms with Gasteiger partial charge in [0, 0.05) is 18.3 Å². The fraction of sp³-hybridized carbons (Fsp3) is 0.294. The average molecular weight is 300 g/mol. The van der Waals surface area contributed by atoms with Gasteiger partial charge in [-0.15, -0.1) is 0 Å². The van der Waals surface area contributed by atoms with Gasteiger partial charge in [0.15, 0.2) is 0 Å². The minimum Gasteiger partial charge on any atom is -0.388 e. The van der Waals surface area contributed by atoms with Gasteiger partial charge < -0.3 is 10.4 Å². The number of aliphatic hydroxyl groups is 1. The zero-order valence-electron chi connectivity index (χ0n) is 12.1. The molecule has 0 atom stereocenters. The quantitative estimate of drug-likeness (QED) is 0.912. The molecule has 3 rings (SSSR count). The van der Waals surface area contributed by atoms with Crippen molar-refractivity contribution >= 4 is 5.91 Å². The van der Waals surface area contributed by atoms with E-state index in [1.54, 1.807) is 24.3 Å². The predicted octanol–water partition coefficient (Wildman–Crippen LogP) is 2.53. The number of hydrogen-bond donors (Lipinski definition) is 2. The highest BCUT2D eigenvalue weighted by Gasteiger charge is 2.34. The Hall–Kier alpha value is -2.27. The predicted molar refractivity (Wildman–Crippen MR) is 80.8 cm³/mol. The van der Waals surface area contributed by atoms with Gasteiger partial charge in [0.25, 0.3) is 5.91 Å². The molecule has 1 amide bonds. The highest BCUT2D eigenvalue weighted by molar-refractivity contribution is 5.94. The van der Waals surface area contributed by atoms with Crippen LogP contribution >= 0.6 is 0 Å². The summed E-state index contributed by atoms with van der Waals surface area (Å²) in [4.78, 5) is 16.2. The normalized spacial score (nSPS) is 15.9. The Morgan fingerprint density at radius 1 is 1.32 bits per heavy atom. The fourth-order valence-electron chi connectivity index (χ4n) is 2.46. The van der Waals surface area contributed by atoms with Crippen LogP contribution in [0.4, 0.5) is 4.39 Å². The van der Waals surface area contributed by atoms with Crippen LogP contribution in [-0.4, -0.2) is 28.1 Å². The van der Waals surface area contributed by atoms with Gasteiger partial charge in [0.1, 0.15) is 5.82 Å². The SMILES string of the molecule is O=C(NCC1(O)CCC1)c1ccc(-c2cccc(F)c2)nc1. The smallest absolute Gasteiger partial charge is 0.252 e. The molecule has 2 aromatic rings. The number of aromatic nitrogens is 1. The summed E-state index contributed by atoms with van der Waals surface area (Å²) in [5.41, 5.74) is 0.942. The Morgan fingerprint density at radius 3 is 2.73 bits per heavy atom. The number of amides is 1. The van der Waals surface area contributed by atoms with E-state index in [2.05, 4.69) is 10.3 Å². The van der Waals surface area contributed by atoms with Crippen LogP contribution in [0.3, 0.4) is 0 Å². The van der Waals surface area contributed by atoms with Crippen molar-refractivity contribution in [2.24, 2.45) is 0 Å². The van der Waals surface area contributed by atoms with Crippen molar-refractivity contribution in [3.63, 3.8) is 0 Å². The first-order valence-corrected chi connectivity index (χ1v) is 7.28. The highest BCUT2D eigenvalue weighted by Crippen LogP contribution is 2.30. The number of halogens is 1. The van der Waals surface area contributed by atoms with E-state index >= 15 is 0 Å². The molecule has 1 heterocycles. The molecule has 2 N–H and O–H groups in total. The lowest BCUT2D eigenvalue weighted by molar-refractivity contribution is -0.0300. The molecule has 1 aliphatic rings. The lowest BCUT2D eigenvalue weighted by Gasteiger charge is -2.36. The largest absolute Gasteiger partial charge is 0.388 e. The van der Waals surface area contributed by atoms with E-state index < -0.39 is 5.60 Å². The van der Waals surface area contributed by atoms with Crippen LogP contribution < -0.4 is 5.32 Å². The van der Waals surface area contributed by atoms with Crippen LogP contribution in [0.1, 0.15) is 29.6 Å². The molecule has 1 aliphatic carbocycles. The minimum absolute atomic E-state index is 0.261. The Morgan fingerprint density at radius 2 is 2.14 bits per heavy atom. The van der Waals surface area contributed by atoms with Crippen molar-refractivity contribution in [1.29, 1.82) is 0 Å². The molecular weight excluding hydrogens is 283 g/mol. The third-order valence-electron chi connectivity index (χ3n) is 4.01. The molecule has 0 aliphatic heterocycles. The summed E-state index contributed by atoms with van der Waals surface area (Å²) in [7, 11) is 0. The maximum absolute atomic E-state index is 13.2. The molecule has 0 saturated heterocycles. The maximum atomic E-state index is 13.2. The van der Waals surface area contributed by atoms with Crippen LogP contribution in [0.15, 0.2) is 42.6 Å². The summed E-state index contributed by atoms with van der Waals surface area (Å²) in [6.45, 7) is 0.261. The highest BCUT2D eigenvalue weighted by atomic mass is 19.1. The summed E-state index contributed by atoms with van der Waals surface area (Å²) in [5.74, 6) is -0.589. The van der Waals surface area contributed by atoms with Crippen LogP contribution in [0, 0.1) is 5.82 Å². The first kappa shape index (κ1) is 14.7. The Kier molecular flexibility index (Phi) is 3.90. The third-order valence-corrected chi connectivity index (χ3v) is 4.01. The van der Waals surface area contributed by atoms with E-state index in [0.717, 1.165) is 19.3 Å². The van der Waals surface area contributed by atoms with E-state index in [-0.39, 0.29) is 18.3 Å². The van der Waals surface area contributed by atoms with Gasteiger partial charge in [-0.1, -0.05) is 12.1 Å². The molecule has 1 aromatic heterocycles. The second-order valence-corrected chi connectivity index (χ2v) is 5.70. The molecule has 5 heteroatoms. The number of rotatable bonds is 4. The summed E-state index contributed by atoms with van der Waals surface area (Å²) >= 11 is 0. The zero-order chi connectivity index (χ0) is 15.6. The van der Waals surface area contributed by atoms with Gasteiger partial charge in [0.05, 0.1) is 16.9 Å². The van der Waals surface area contributed by atoms with Gasteiger partial charge in [-0.05, 0) is 43.5 Å². The maximum Gasteiger partial charge on any atom is 0.252 e. The van der Waals surface area contributed by atoms with Gasteiger partial charge in [-0.25, -0.2) is 4.39 Å². The van der Waals surface area contributed by atoms with Crippen LogP contribution in [0.2, 0.25) is 0 Å². The van der Waals surface area contributed by atoms with Crippen molar-refractivity contribution in [2.45, 2.75) is 24.9 Å². The number of pyridine rings is 1. The fourth-order valence-corrected chi connectivity index (χ4v) is 2.46. The van der Waals surface area contributed by atoms with Crippen LogP contribution in [0.25, 0.3) is 11.3 Å². The number of nitrogens with one attached hydrogen (secondary N) is 1. The summed E-state index contributed by atoms with van der Waals surface area (Å²) in [6.07, 6.45) is 3.91. The summed E-state index contributed by atoms with van der Waals surface area (Å²) < 4.78 is 13.2. The molecule has 114 valence electrons. The van der Waals surface area contributed by atoms with Crippen molar-refractivity contribution in [3.8, 4) is 11.3 Å². The number of carbonyl (C=O) groups excluding carboxylic acids is 1. The third kappa shape index (κ3) is 3.14. The van der Waals surface area contributed by atoms with Gasteiger partial charge in [-0.3, -0.25) is 9.78 Å². The molecular formula is C17H17FN2O2. The van der Waals surface area contributed by atoms with Crippen molar-refractivity contribution in [3.05, 3.63) is 54.0 Å². The monoisotopic (exact) mass is 300 g/mol. The van der Waals surface area contributed by atoms with Gasteiger partial charge >= 0.3 is 0 Å². The number of carbonyl (C=O) groups is 1. The van der Waals surface area contributed by atoms with E-state index in [1.807, 2.05) is 0 Å². The summed E-state index contributed by atoms with van der Waals surface area (Å²) in [5, 5.41) is 12.7. The van der Waals surface area contributed by atoms with Crippen molar-refractivity contribution in [2.75, 3.05) is 6.54 Å². The Balaban J connectivity index is 1.67. The molecule has 1 saturated carbocycles. The number of benzene rings is 1. The first-order valence-electron chi connectivity index (χ1n) is 7.28. The van der Waals surface area contributed by atoms with E-state index in [4.69, 9.17) is 0 Å². The Bertz CT molecular complexity index is 681. The minimum atomic E-state index is -0.745. The number of hydrogen-bond acceptors (Lipinski definition) is 3. The molecule has 0 unspecified atom stereocenters. The van der Waals surface area contributed by atoms with E-state index in [1.165, 1.54) is 18.3 Å². The van der Waals surface area contributed by atoms with E-state index in [0.29, 0.717) is 16.8 Å². The second-order valence-electron chi connectivity index (χ2n) is 5.70. The van der Waals surface area contributed by atoms with Crippen molar-refractivity contribution in [1.82, 2.24) is 10.3 Å².